The van der Waals surface area contributed by atoms with E-state index in [0.29, 0.717) is 19.8 Å². The average molecular weight is 366 g/mol. The predicted octanol–water partition coefficient (Wildman–Crippen LogP) is 2.05. The minimum absolute atomic E-state index is 0.0797. The molecule has 26 heavy (non-hydrogen) atoms. The molecule has 0 spiro atoms. The lowest BCUT2D eigenvalue weighted by atomic mass is 10.1. The molecular formula is C19H26O7. The quantitative estimate of drug-likeness (QED) is 0.356. The van der Waals surface area contributed by atoms with Crippen LogP contribution in [-0.4, -0.2) is 58.2 Å². The van der Waals surface area contributed by atoms with Crippen molar-refractivity contribution in [3.05, 3.63) is 48.0 Å². The molecule has 1 aliphatic heterocycles. The number of hydrogen-bond donors (Lipinski definition) is 0. The molecular weight excluding hydrogens is 340 g/mol. The lowest BCUT2D eigenvalue weighted by Crippen LogP contribution is -2.49. The van der Waals surface area contributed by atoms with Crippen LogP contribution in [-0.2, 0) is 39.8 Å². The van der Waals surface area contributed by atoms with E-state index in [9.17, 15) is 4.79 Å². The summed E-state index contributed by atoms with van der Waals surface area (Å²) in [5.74, 6) is -0.426. The van der Waals surface area contributed by atoms with Gasteiger partial charge in [-0.1, -0.05) is 30.3 Å². The Morgan fingerprint density at radius 3 is 2.81 bits per heavy atom. The molecule has 0 unspecified atom stereocenters. The molecule has 0 amide bonds. The first-order valence-electron chi connectivity index (χ1n) is 8.55. The third kappa shape index (κ3) is 6.86. The second-order valence-electron chi connectivity index (χ2n) is 5.60. The average Bonchev–Trinajstić information content (AvgIpc) is 2.66. The largest absolute Gasteiger partial charge is 0.463 e. The van der Waals surface area contributed by atoms with E-state index in [1.807, 2.05) is 30.3 Å². The lowest BCUT2D eigenvalue weighted by molar-refractivity contribution is -0.256. The molecule has 1 aromatic carbocycles. The molecule has 144 valence electrons. The summed E-state index contributed by atoms with van der Waals surface area (Å²) in [5, 5.41) is 0. The fraction of sp³-hybridized carbons (Fsp3) is 0.526. The summed E-state index contributed by atoms with van der Waals surface area (Å²) in [6.07, 6.45) is 1.67. The highest BCUT2D eigenvalue weighted by atomic mass is 16.7. The Hall–Kier alpha value is -1.77. The summed E-state index contributed by atoms with van der Waals surface area (Å²) >= 11 is 0. The molecule has 0 aromatic heterocycles. The van der Waals surface area contributed by atoms with Gasteiger partial charge in [-0.3, -0.25) is 0 Å². The Labute approximate surface area is 153 Å². The third-order valence-electron chi connectivity index (χ3n) is 3.71. The summed E-state index contributed by atoms with van der Waals surface area (Å²) < 4.78 is 32.5. The number of carbonyl (C=O) groups is 1. The summed E-state index contributed by atoms with van der Waals surface area (Å²) in [6, 6.07) is 9.87. The second kappa shape index (κ2) is 11.8. The van der Waals surface area contributed by atoms with Crippen LogP contribution >= 0.6 is 0 Å². The molecule has 1 aromatic rings. The zero-order chi connectivity index (χ0) is 18.6. The zero-order valence-corrected chi connectivity index (χ0v) is 15.2. The second-order valence-corrected chi connectivity index (χ2v) is 5.60. The maximum Gasteiger partial charge on any atom is 0.330 e. The Morgan fingerprint density at radius 2 is 2.08 bits per heavy atom. The summed E-state index contributed by atoms with van der Waals surface area (Å²) in [4.78, 5) is 11.5. The van der Waals surface area contributed by atoms with Gasteiger partial charge < -0.3 is 28.4 Å². The van der Waals surface area contributed by atoms with Crippen molar-refractivity contribution in [2.45, 2.75) is 31.8 Å². The molecule has 1 saturated heterocycles. The van der Waals surface area contributed by atoms with Crippen LogP contribution in [0.25, 0.3) is 0 Å². The van der Waals surface area contributed by atoms with Crippen molar-refractivity contribution in [2.24, 2.45) is 0 Å². The SMILES string of the molecule is CCOC(=O)/C=C\[C@@H]1OCO[C@H](COCc2ccccc2)[C@@H]1OCOC. The molecule has 7 nitrogen and oxygen atoms in total. The molecule has 0 aliphatic carbocycles. The first kappa shape index (κ1) is 20.5. The molecule has 3 atom stereocenters. The zero-order valence-electron chi connectivity index (χ0n) is 15.2. The monoisotopic (exact) mass is 366 g/mol. The van der Waals surface area contributed by atoms with Crippen molar-refractivity contribution >= 4 is 5.97 Å². The number of benzene rings is 1. The van der Waals surface area contributed by atoms with Crippen molar-refractivity contribution in [3.63, 3.8) is 0 Å². The third-order valence-corrected chi connectivity index (χ3v) is 3.71. The van der Waals surface area contributed by atoms with Crippen molar-refractivity contribution in [3.8, 4) is 0 Å². The maximum atomic E-state index is 11.5. The minimum atomic E-state index is -0.467. The topological polar surface area (TPSA) is 72.5 Å². The number of hydrogen-bond acceptors (Lipinski definition) is 7. The van der Waals surface area contributed by atoms with Crippen LogP contribution in [0.5, 0.6) is 0 Å². The van der Waals surface area contributed by atoms with Gasteiger partial charge in [0.2, 0.25) is 0 Å². The van der Waals surface area contributed by atoms with Gasteiger partial charge in [0.15, 0.2) is 0 Å². The smallest absolute Gasteiger partial charge is 0.330 e. The molecule has 0 bridgehead atoms. The number of ether oxygens (including phenoxy) is 6. The van der Waals surface area contributed by atoms with Crippen LogP contribution in [0.15, 0.2) is 42.5 Å². The van der Waals surface area contributed by atoms with Gasteiger partial charge in [0.1, 0.15) is 31.9 Å². The fourth-order valence-electron chi connectivity index (χ4n) is 2.49. The standard InChI is InChI=1S/C19H26O7/c1-3-23-18(20)10-9-16-19(26-13-21-2)17(25-14-24-16)12-22-11-15-7-5-4-6-8-15/h4-10,16-17,19H,3,11-14H2,1-2H3/b10-9-/t16-,17+,19+/m0/s1. The normalized spacial score (nSPS) is 23.2. The van der Waals surface area contributed by atoms with E-state index in [1.54, 1.807) is 13.0 Å². The van der Waals surface area contributed by atoms with Gasteiger partial charge in [-0.2, -0.15) is 0 Å². The van der Waals surface area contributed by atoms with Crippen molar-refractivity contribution in [1.29, 1.82) is 0 Å². The van der Waals surface area contributed by atoms with E-state index in [2.05, 4.69) is 0 Å². The number of carbonyl (C=O) groups excluding carboxylic acids is 1. The minimum Gasteiger partial charge on any atom is -0.463 e. The number of esters is 1. The maximum absolute atomic E-state index is 11.5. The lowest BCUT2D eigenvalue weighted by Gasteiger charge is -2.36. The van der Waals surface area contributed by atoms with E-state index in [-0.39, 0.29) is 19.7 Å². The van der Waals surface area contributed by atoms with E-state index < -0.39 is 18.2 Å². The summed E-state index contributed by atoms with van der Waals surface area (Å²) in [7, 11) is 1.54. The van der Waals surface area contributed by atoms with Crippen LogP contribution in [0, 0.1) is 0 Å². The van der Waals surface area contributed by atoms with Crippen LogP contribution in [0.1, 0.15) is 12.5 Å². The molecule has 7 heteroatoms. The van der Waals surface area contributed by atoms with E-state index >= 15 is 0 Å². The number of rotatable bonds is 10. The van der Waals surface area contributed by atoms with Gasteiger partial charge in [0.25, 0.3) is 0 Å². The van der Waals surface area contributed by atoms with E-state index in [4.69, 9.17) is 28.4 Å². The highest BCUT2D eigenvalue weighted by Gasteiger charge is 2.35. The Bertz CT molecular complexity index is 546. The van der Waals surface area contributed by atoms with Crippen LogP contribution < -0.4 is 0 Å². The fourth-order valence-corrected chi connectivity index (χ4v) is 2.49. The Balaban J connectivity index is 1.92. The first-order chi connectivity index (χ1) is 12.7. The Morgan fingerprint density at radius 1 is 1.27 bits per heavy atom. The predicted molar refractivity (Wildman–Crippen MR) is 93.2 cm³/mol. The van der Waals surface area contributed by atoms with Gasteiger partial charge >= 0.3 is 5.97 Å². The summed E-state index contributed by atoms with van der Waals surface area (Å²) in [6.45, 7) is 3.04. The van der Waals surface area contributed by atoms with Gasteiger partial charge in [-0.25, -0.2) is 4.79 Å². The van der Waals surface area contributed by atoms with Crippen LogP contribution in [0.3, 0.4) is 0 Å². The van der Waals surface area contributed by atoms with Crippen molar-refractivity contribution in [1.82, 2.24) is 0 Å². The highest BCUT2D eigenvalue weighted by Crippen LogP contribution is 2.20. The Kier molecular flexibility index (Phi) is 9.30. The van der Waals surface area contributed by atoms with E-state index in [1.165, 1.54) is 13.2 Å². The molecule has 2 rings (SSSR count). The molecule has 0 saturated carbocycles. The van der Waals surface area contributed by atoms with Gasteiger partial charge in [-0.15, -0.1) is 0 Å². The van der Waals surface area contributed by atoms with Crippen molar-refractivity contribution < 1.29 is 33.2 Å². The molecule has 0 radical (unpaired) electrons. The molecule has 1 fully saturated rings. The molecule has 1 aliphatic rings. The van der Waals surface area contributed by atoms with Crippen LogP contribution in [0.2, 0.25) is 0 Å². The van der Waals surface area contributed by atoms with Crippen molar-refractivity contribution in [2.75, 3.05) is 33.9 Å². The number of methoxy groups -OCH3 is 1. The van der Waals surface area contributed by atoms with Gasteiger partial charge in [0.05, 0.1) is 19.8 Å². The highest BCUT2D eigenvalue weighted by molar-refractivity contribution is 5.81. The first-order valence-corrected chi connectivity index (χ1v) is 8.55. The van der Waals surface area contributed by atoms with Crippen LogP contribution in [0.4, 0.5) is 0 Å². The van der Waals surface area contributed by atoms with E-state index in [0.717, 1.165) is 5.56 Å². The summed E-state index contributed by atoms with van der Waals surface area (Å²) in [5.41, 5.74) is 1.08. The van der Waals surface area contributed by atoms with Gasteiger partial charge in [-0.05, 0) is 18.6 Å². The molecule has 0 N–H and O–H groups in total. The molecule has 1 heterocycles. The van der Waals surface area contributed by atoms with Gasteiger partial charge in [0, 0.05) is 13.2 Å².